The van der Waals surface area contributed by atoms with Gasteiger partial charge in [-0.1, -0.05) is 6.07 Å². The first-order valence-corrected chi connectivity index (χ1v) is 11.0. The van der Waals surface area contributed by atoms with Gasteiger partial charge in [0.15, 0.2) is 0 Å². The first-order chi connectivity index (χ1) is 16.4. The number of amides is 3. The molecule has 2 aliphatic heterocycles. The Kier molecular flexibility index (Phi) is 6.93. The number of imide groups is 1. The molecule has 0 bridgehead atoms. The van der Waals surface area contributed by atoms with Crippen LogP contribution < -0.4 is 9.64 Å². The zero-order valence-electron chi connectivity index (χ0n) is 19.1. The third kappa shape index (κ3) is 4.65. The van der Waals surface area contributed by atoms with Crippen LogP contribution in [-0.4, -0.2) is 68.1 Å². The minimum atomic E-state index is -0.962. The van der Waals surface area contributed by atoms with E-state index in [-0.39, 0.29) is 25.0 Å². The second kappa shape index (κ2) is 10.0. The molecule has 2 aromatic rings. The Morgan fingerprint density at radius 1 is 1.09 bits per heavy atom. The van der Waals surface area contributed by atoms with Crippen LogP contribution in [-0.2, 0) is 19.1 Å². The van der Waals surface area contributed by atoms with Gasteiger partial charge in [0.25, 0.3) is 11.8 Å². The number of methoxy groups -OCH3 is 2. The highest BCUT2D eigenvalue weighted by Gasteiger charge is 2.45. The van der Waals surface area contributed by atoms with Crippen molar-refractivity contribution in [2.75, 3.05) is 32.3 Å². The van der Waals surface area contributed by atoms with Crippen molar-refractivity contribution >= 4 is 29.4 Å². The second-order valence-corrected chi connectivity index (χ2v) is 8.15. The highest BCUT2D eigenvalue weighted by Crippen LogP contribution is 2.29. The van der Waals surface area contributed by atoms with E-state index in [1.165, 1.54) is 43.4 Å². The fraction of sp³-hybridized carbons (Fsp3) is 0.360. The molecule has 2 fully saturated rings. The summed E-state index contributed by atoms with van der Waals surface area (Å²) in [6.45, 7) is 0.802. The van der Waals surface area contributed by atoms with Crippen molar-refractivity contribution < 1.29 is 33.4 Å². The van der Waals surface area contributed by atoms with Crippen LogP contribution in [0.25, 0.3) is 0 Å². The van der Waals surface area contributed by atoms with E-state index in [0.29, 0.717) is 29.2 Å². The van der Waals surface area contributed by atoms with E-state index in [4.69, 9.17) is 9.47 Å². The van der Waals surface area contributed by atoms with Gasteiger partial charge in [0.05, 0.1) is 38.0 Å². The summed E-state index contributed by atoms with van der Waals surface area (Å²) in [5.41, 5.74) is 0.990. The van der Waals surface area contributed by atoms with Gasteiger partial charge < -0.3 is 19.1 Å². The summed E-state index contributed by atoms with van der Waals surface area (Å²) >= 11 is 0. The Labute approximate surface area is 197 Å². The Hall–Kier alpha value is -3.72. The van der Waals surface area contributed by atoms with Gasteiger partial charge in [0, 0.05) is 18.7 Å². The maximum atomic E-state index is 13.5. The molecule has 2 heterocycles. The third-order valence-electron chi connectivity index (χ3n) is 6.05. The number of esters is 1. The number of ether oxygens (including phenoxy) is 3. The van der Waals surface area contributed by atoms with E-state index in [9.17, 15) is 19.2 Å². The molecule has 0 aromatic heterocycles. The summed E-state index contributed by atoms with van der Waals surface area (Å²) in [5, 5.41) is 0. The fourth-order valence-corrected chi connectivity index (χ4v) is 4.28. The van der Waals surface area contributed by atoms with Crippen molar-refractivity contribution in [1.82, 2.24) is 4.90 Å². The summed E-state index contributed by atoms with van der Waals surface area (Å²) in [5.74, 6) is -1.29. The lowest BCUT2D eigenvalue weighted by Gasteiger charge is -2.30. The molecule has 2 aliphatic rings. The topological polar surface area (TPSA) is 102 Å². The van der Waals surface area contributed by atoms with Crippen molar-refractivity contribution in [3.63, 3.8) is 0 Å². The van der Waals surface area contributed by atoms with Gasteiger partial charge in [-0.25, -0.2) is 9.69 Å². The van der Waals surface area contributed by atoms with Gasteiger partial charge in [-0.2, -0.15) is 0 Å². The molecular formula is C25H26N2O7. The van der Waals surface area contributed by atoms with Crippen LogP contribution in [0.2, 0.25) is 0 Å². The minimum absolute atomic E-state index is 0.139. The Balaban J connectivity index is 1.62. The molecule has 2 atom stereocenters. The van der Waals surface area contributed by atoms with E-state index < -0.39 is 23.8 Å². The lowest BCUT2D eigenvalue weighted by molar-refractivity contribution is -0.122. The molecule has 9 nitrogen and oxygen atoms in total. The number of rotatable bonds is 7. The molecule has 178 valence electrons. The first kappa shape index (κ1) is 23.4. The maximum Gasteiger partial charge on any atom is 0.337 e. The van der Waals surface area contributed by atoms with Gasteiger partial charge in [-0.05, 0) is 55.3 Å². The molecule has 34 heavy (non-hydrogen) atoms. The standard InChI is InChI=1S/C25H26N2O7/c1-32-19-6-3-5-17(13-19)23(29)26(15-20-7-4-12-34-20)21-14-22(28)27(24(21)30)18-10-8-16(9-11-18)25(31)33-2/h3,5-6,8-11,13,20-21H,4,7,12,14-15H2,1-2H3. The van der Waals surface area contributed by atoms with Gasteiger partial charge in [-0.15, -0.1) is 0 Å². The molecule has 0 N–H and O–H groups in total. The number of carbonyl (C=O) groups is 4. The number of anilines is 1. The molecule has 2 unspecified atom stereocenters. The minimum Gasteiger partial charge on any atom is -0.497 e. The van der Waals surface area contributed by atoms with Crippen LogP contribution in [0.1, 0.15) is 40.0 Å². The average molecular weight is 466 g/mol. The summed E-state index contributed by atoms with van der Waals surface area (Å²) in [7, 11) is 2.78. The van der Waals surface area contributed by atoms with Crippen LogP contribution in [0.15, 0.2) is 48.5 Å². The van der Waals surface area contributed by atoms with Crippen molar-refractivity contribution in [1.29, 1.82) is 0 Å². The Morgan fingerprint density at radius 2 is 1.85 bits per heavy atom. The van der Waals surface area contributed by atoms with E-state index in [1.54, 1.807) is 24.3 Å². The zero-order chi connectivity index (χ0) is 24.2. The molecule has 2 saturated heterocycles. The van der Waals surface area contributed by atoms with Crippen molar-refractivity contribution in [2.24, 2.45) is 0 Å². The van der Waals surface area contributed by atoms with Crippen molar-refractivity contribution in [3.05, 3.63) is 59.7 Å². The lowest BCUT2D eigenvalue weighted by Crippen LogP contribution is -2.48. The lowest BCUT2D eigenvalue weighted by atomic mass is 10.1. The van der Waals surface area contributed by atoms with Gasteiger partial charge in [0.2, 0.25) is 5.91 Å². The third-order valence-corrected chi connectivity index (χ3v) is 6.05. The van der Waals surface area contributed by atoms with Crippen molar-refractivity contribution in [2.45, 2.75) is 31.4 Å². The number of nitrogens with zero attached hydrogens (tertiary/aromatic N) is 2. The molecule has 2 aromatic carbocycles. The summed E-state index contributed by atoms with van der Waals surface area (Å²) in [6, 6.07) is 11.7. The highest BCUT2D eigenvalue weighted by molar-refractivity contribution is 6.23. The van der Waals surface area contributed by atoms with E-state index >= 15 is 0 Å². The van der Waals surface area contributed by atoms with Gasteiger partial charge in [0.1, 0.15) is 11.8 Å². The number of hydrogen-bond donors (Lipinski definition) is 0. The number of carbonyl (C=O) groups excluding carboxylic acids is 4. The van der Waals surface area contributed by atoms with Crippen LogP contribution >= 0.6 is 0 Å². The molecule has 4 rings (SSSR count). The zero-order valence-corrected chi connectivity index (χ0v) is 19.1. The number of benzene rings is 2. The second-order valence-electron chi connectivity index (χ2n) is 8.15. The molecule has 0 radical (unpaired) electrons. The Morgan fingerprint density at radius 3 is 2.50 bits per heavy atom. The predicted octanol–water partition coefficient (Wildman–Crippen LogP) is 2.44. The maximum absolute atomic E-state index is 13.5. The molecule has 3 amide bonds. The molecule has 0 saturated carbocycles. The highest BCUT2D eigenvalue weighted by atomic mass is 16.5. The van der Waals surface area contributed by atoms with Crippen LogP contribution in [0.5, 0.6) is 5.75 Å². The fourth-order valence-electron chi connectivity index (χ4n) is 4.28. The summed E-state index contributed by atoms with van der Waals surface area (Å²) in [6.07, 6.45) is 1.31. The summed E-state index contributed by atoms with van der Waals surface area (Å²) < 4.78 is 15.6. The normalized spacial score (nSPS) is 19.9. The van der Waals surface area contributed by atoms with Crippen molar-refractivity contribution in [3.8, 4) is 5.75 Å². The summed E-state index contributed by atoms with van der Waals surface area (Å²) in [4.78, 5) is 54.0. The first-order valence-electron chi connectivity index (χ1n) is 11.0. The largest absolute Gasteiger partial charge is 0.497 e. The van der Waals surface area contributed by atoms with Crippen LogP contribution in [0.3, 0.4) is 0 Å². The van der Waals surface area contributed by atoms with E-state index in [1.807, 2.05) is 0 Å². The smallest absolute Gasteiger partial charge is 0.337 e. The van der Waals surface area contributed by atoms with E-state index in [2.05, 4.69) is 4.74 Å². The molecular weight excluding hydrogens is 440 g/mol. The van der Waals surface area contributed by atoms with Crippen LogP contribution in [0, 0.1) is 0 Å². The quantitative estimate of drug-likeness (QED) is 0.456. The Bertz CT molecular complexity index is 1090. The molecule has 0 aliphatic carbocycles. The van der Waals surface area contributed by atoms with E-state index in [0.717, 1.165) is 17.7 Å². The monoisotopic (exact) mass is 466 g/mol. The SMILES string of the molecule is COC(=O)c1ccc(N2C(=O)CC(N(CC3CCCO3)C(=O)c3cccc(OC)c3)C2=O)cc1. The average Bonchev–Trinajstić information content (AvgIpc) is 3.49. The van der Waals surface area contributed by atoms with Crippen LogP contribution in [0.4, 0.5) is 5.69 Å². The predicted molar refractivity (Wildman–Crippen MR) is 122 cm³/mol. The van der Waals surface area contributed by atoms with Gasteiger partial charge >= 0.3 is 5.97 Å². The number of hydrogen-bond acceptors (Lipinski definition) is 7. The molecule has 9 heteroatoms. The van der Waals surface area contributed by atoms with Gasteiger partial charge in [-0.3, -0.25) is 14.4 Å². The molecule has 0 spiro atoms.